The van der Waals surface area contributed by atoms with E-state index in [1.807, 2.05) is 0 Å². The molecule has 148 valence electrons. The Morgan fingerprint density at radius 2 is 1.93 bits per heavy atom. The monoisotopic (exact) mass is 409 g/mol. The number of nitrogens with one attached hydrogen (secondary N) is 1. The number of anilines is 1. The highest BCUT2D eigenvalue weighted by atomic mass is 35.5. The molecule has 1 aromatic carbocycles. The van der Waals surface area contributed by atoms with Gasteiger partial charge >= 0.3 is 0 Å². The van der Waals surface area contributed by atoms with Crippen molar-refractivity contribution in [3.05, 3.63) is 47.3 Å². The highest BCUT2D eigenvalue weighted by molar-refractivity contribution is 6.28. The van der Waals surface area contributed by atoms with Crippen molar-refractivity contribution in [1.82, 2.24) is 19.5 Å². The normalized spacial score (nSPS) is 24.8. The fraction of sp³-hybridized carbons (Fsp3) is 0.353. The van der Waals surface area contributed by atoms with Crippen LogP contribution in [0.2, 0.25) is 5.28 Å². The standard InChI is InChI=1S/C17H17ClFN5O4/c18-17-22-14(20-5-8-1-3-9(19)4-2-8)11-15(23-17)24(7-21-11)16-13(27)12(26)10(6-25)28-16/h1-4,7,10,12-13,16,25-27H,5-6H2,(H,20,22,23)/t10-,12-,13-,16-/m1/s1. The van der Waals surface area contributed by atoms with Crippen molar-refractivity contribution in [1.29, 1.82) is 0 Å². The molecule has 0 amide bonds. The Morgan fingerprint density at radius 3 is 2.61 bits per heavy atom. The summed E-state index contributed by atoms with van der Waals surface area (Å²) in [6, 6.07) is 5.99. The molecule has 0 saturated carbocycles. The first-order chi connectivity index (χ1) is 13.5. The lowest BCUT2D eigenvalue weighted by atomic mass is 10.1. The van der Waals surface area contributed by atoms with Gasteiger partial charge in [0, 0.05) is 6.54 Å². The van der Waals surface area contributed by atoms with Crippen molar-refractivity contribution in [2.24, 2.45) is 0 Å². The predicted octanol–water partition coefficient (Wildman–Crippen LogP) is 0.842. The lowest BCUT2D eigenvalue weighted by Gasteiger charge is -2.16. The van der Waals surface area contributed by atoms with E-state index >= 15 is 0 Å². The van der Waals surface area contributed by atoms with E-state index in [4.69, 9.17) is 16.3 Å². The summed E-state index contributed by atoms with van der Waals surface area (Å²) in [5.74, 6) is 0.0262. The fourth-order valence-corrected chi connectivity index (χ4v) is 3.26. The van der Waals surface area contributed by atoms with Gasteiger partial charge in [-0.25, -0.2) is 9.37 Å². The minimum Gasteiger partial charge on any atom is -0.394 e. The predicted molar refractivity (Wildman–Crippen MR) is 97.1 cm³/mol. The molecule has 0 unspecified atom stereocenters. The molecular weight excluding hydrogens is 393 g/mol. The molecule has 0 radical (unpaired) electrons. The third-order valence-corrected chi connectivity index (χ3v) is 4.73. The van der Waals surface area contributed by atoms with Crippen molar-refractivity contribution >= 4 is 28.6 Å². The summed E-state index contributed by atoms with van der Waals surface area (Å²) in [5, 5.41) is 32.5. The summed E-state index contributed by atoms with van der Waals surface area (Å²) in [6.07, 6.45) is -3.06. The molecule has 1 aliphatic heterocycles. The van der Waals surface area contributed by atoms with Crippen LogP contribution in [-0.2, 0) is 11.3 Å². The lowest BCUT2D eigenvalue weighted by molar-refractivity contribution is -0.0511. The molecule has 11 heteroatoms. The van der Waals surface area contributed by atoms with Gasteiger partial charge in [-0.3, -0.25) is 4.57 Å². The summed E-state index contributed by atoms with van der Waals surface area (Å²) in [5.41, 5.74) is 1.49. The van der Waals surface area contributed by atoms with Gasteiger partial charge in [0.1, 0.15) is 24.1 Å². The molecule has 3 heterocycles. The number of hydrogen-bond donors (Lipinski definition) is 4. The van der Waals surface area contributed by atoms with Crippen LogP contribution in [0.5, 0.6) is 0 Å². The molecule has 28 heavy (non-hydrogen) atoms. The molecule has 4 N–H and O–H groups in total. The van der Waals surface area contributed by atoms with Crippen LogP contribution in [0.1, 0.15) is 11.8 Å². The first-order valence-corrected chi connectivity index (χ1v) is 8.86. The van der Waals surface area contributed by atoms with Crippen molar-refractivity contribution in [3.8, 4) is 0 Å². The second-order valence-electron chi connectivity index (χ2n) is 6.37. The highest BCUT2D eigenvalue weighted by Crippen LogP contribution is 2.32. The Hall–Kier alpha value is -2.37. The average molecular weight is 410 g/mol. The Balaban J connectivity index is 1.64. The third-order valence-electron chi connectivity index (χ3n) is 4.56. The molecule has 1 aliphatic rings. The molecule has 1 saturated heterocycles. The molecule has 0 bridgehead atoms. The van der Waals surface area contributed by atoms with Gasteiger partial charge < -0.3 is 25.4 Å². The number of fused-ring (bicyclic) bond motifs is 1. The van der Waals surface area contributed by atoms with Crippen LogP contribution >= 0.6 is 11.6 Å². The van der Waals surface area contributed by atoms with E-state index in [1.54, 1.807) is 12.1 Å². The molecule has 0 spiro atoms. The Morgan fingerprint density at radius 1 is 1.18 bits per heavy atom. The quantitative estimate of drug-likeness (QED) is 0.457. The van der Waals surface area contributed by atoms with Crippen LogP contribution in [0.4, 0.5) is 10.2 Å². The molecule has 0 aliphatic carbocycles. The summed E-state index contributed by atoms with van der Waals surface area (Å²) < 4.78 is 20.0. The van der Waals surface area contributed by atoms with Crippen LogP contribution in [0.3, 0.4) is 0 Å². The van der Waals surface area contributed by atoms with Gasteiger partial charge in [0.15, 0.2) is 23.2 Å². The van der Waals surface area contributed by atoms with Gasteiger partial charge in [0.25, 0.3) is 0 Å². The van der Waals surface area contributed by atoms with Gasteiger partial charge in [0.05, 0.1) is 12.9 Å². The first-order valence-electron chi connectivity index (χ1n) is 8.48. The van der Waals surface area contributed by atoms with E-state index in [0.29, 0.717) is 17.9 Å². The van der Waals surface area contributed by atoms with Crippen molar-refractivity contribution in [2.45, 2.75) is 31.1 Å². The van der Waals surface area contributed by atoms with E-state index in [2.05, 4.69) is 20.3 Å². The van der Waals surface area contributed by atoms with Crippen LogP contribution in [0, 0.1) is 5.82 Å². The van der Waals surface area contributed by atoms with Crippen molar-refractivity contribution < 1.29 is 24.4 Å². The molecule has 4 rings (SSSR count). The maximum absolute atomic E-state index is 13.0. The number of hydrogen-bond acceptors (Lipinski definition) is 8. The van der Waals surface area contributed by atoms with Gasteiger partial charge in [-0.05, 0) is 29.3 Å². The van der Waals surface area contributed by atoms with Crippen LogP contribution < -0.4 is 5.32 Å². The zero-order valence-corrected chi connectivity index (χ0v) is 15.2. The van der Waals surface area contributed by atoms with E-state index in [9.17, 15) is 19.7 Å². The van der Waals surface area contributed by atoms with Gasteiger partial charge in [-0.15, -0.1) is 0 Å². The third kappa shape index (κ3) is 3.40. The van der Waals surface area contributed by atoms with Crippen molar-refractivity contribution in [2.75, 3.05) is 11.9 Å². The van der Waals surface area contributed by atoms with E-state index in [-0.39, 0.29) is 16.7 Å². The minimum absolute atomic E-state index is 0.0531. The van der Waals surface area contributed by atoms with E-state index < -0.39 is 31.1 Å². The lowest BCUT2D eigenvalue weighted by Crippen LogP contribution is -2.33. The summed E-state index contributed by atoms with van der Waals surface area (Å²) >= 11 is 6.04. The van der Waals surface area contributed by atoms with E-state index in [1.165, 1.54) is 23.0 Å². The molecular formula is C17H17ClFN5O4. The zero-order valence-electron chi connectivity index (χ0n) is 14.4. The number of aliphatic hydroxyl groups is 3. The Labute approximate surface area is 163 Å². The topological polar surface area (TPSA) is 126 Å². The van der Waals surface area contributed by atoms with Gasteiger partial charge in [-0.1, -0.05) is 12.1 Å². The SMILES string of the molecule is OC[C@H]1O[C@@H](n2cnc3c(NCc4ccc(F)cc4)nc(Cl)nc32)[C@H](O)[C@@H]1O. The molecule has 3 aromatic rings. The number of rotatable bonds is 5. The van der Waals surface area contributed by atoms with Gasteiger partial charge in [-0.2, -0.15) is 9.97 Å². The summed E-state index contributed by atoms with van der Waals surface area (Å²) in [7, 11) is 0. The summed E-state index contributed by atoms with van der Waals surface area (Å²) in [4.78, 5) is 12.5. The largest absolute Gasteiger partial charge is 0.394 e. The second-order valence-corrected chi connectivity index (χ2v) is 6.71. The number of ether oxygens (including phenoxy) is 1. The molecule has 2 aromatic heterocycles. The minimum atomic E-state index is -1.28. The number of benzene rings is 1. The smallest absolute Gasteiger partial charge is 0.226 e. The maximum Gasteiger partial charge on any atom is 0.226 e. The highest BCUT2D eigenvalue weighted by Gasteiger charge is 2.44. The molecule has 4 atom stereocenters. The fourth-order valence-electron chi connectivity index (χ4n) is 3.10. The zero-order chi connectivity index (χ0) is 19.8. The maximum atomic E-state index is 13.0. The number of aliphatic hydroxyl groups excluding tert-OH is 3. The van der Waals surface area contributed by atoms with Crippen molar-refractivity contribution in [3.63, 3.8) is 0 Å². The Bertz CT molecular complexity index is 986. The number of nitrogens with zero attached hydrogens (tertiary/aromatic N) is 4. The van der Waals surface area contributed by atoms with Crippen LogP contribution in [-0.4, -0.2) is 59.8 Å². The number of imidazole rings is 1. The number of halogens is 2. The van der Waals surface area contributed by atoms with E-state index in [0.717, 1.165) is 5.56 Å². The Kier molecular flexibility index (Phi) is 5.13. The average Bonchev–Trinajstić information content (AvgIpc) is 3.22. The molecule has 1 fully saturated rings. The molecule has 9 nitrogen and oxygen atoms in total. The second kappa shape index (κ2) is 7.57. The number of aromatic nitrogens is 4. The van der Waals surface area contributed by atoms with Gasteiger partial charge in [0.2, 0.25) is 5.28 Å². The summed E-state index contributed by atoms with van der Waals surface area (Å²) in [6.45, 7) is -0.0923. The van der Waals surface area contributed by atoms with Crippen LogP contribution in [0.25, 0.3) is 11.2 Å². The van der Waals surface area contributed by atoms with Crippen LogP contribution in [0.15, 0.2) is 30.6 Å². The first kappa shape index (κ1) is 19.0.